The molecule has 0 bridgehead atoms. The van der Waals surface area contributed by atoms with E-state index >= 15 is 0 Å². The molecule has 0 saturated heterocycles. The van der Waals surface area contributed by atoms with Crippen molar-refractivity contribution in [2.24, 2.45) is 0 Å². The zero-order valence-corrected chi connectivity index (χ0v) is 10.8. The maximum absolute atomic E-state index is 5.21. The number of hydrogen-bond donors (Lipinski definition) is 2. The Bertz CT molecular complexity index is 195. The Balaban J connectivity index is 2.22. The molecular weight excluding hydrogens is 212 g/mol. The van der Waals surface area contributed by atoms with Crippen molar-refractivity contribution < 1.29 is 0 Å². The summed E-state index contributed by atoms with van der Waals surface area (Å²) >= 11 is 7.19. The standard InChI is InChI=1S/C10H20N2S2/c1-7(2)11-10(13)12-8-4-5-9(6-8)14-3/h7-9H,4-6H2,1-3H3,(H2,11,12,13). The summed E-state index contributed by atoms with van der Waals surface area (Å²) in [7, 11) is 0. The highest BCUT2D eigenvalue weighted by Crippen LogP contribution is 2.27. The fourth-order valence-corrected chi connectivity index (χ4v) is 2.97. The van der Waals surface area contributed by atoms with Gasteiger partial charge < -0.3 is 10.6 Å². The van der Waals surface area contributed by atoms with E-state index in [2.05, 4.69) is 30.7 Å². The van der Waals surface area contributed by atoms with E-state index < -0.39 is 0 Å². The summed E-state index contributed by atoms with van der Waals surface area (Å²) < 4.78 is 0. The molecular formula is C10H20N2S2. The van der Waals surface area contributed by atoms with Gasteiger partial charge in [0.25, 0.3) is 0 Å². The van der Waals surface area contributed by atoms with E-state index in [1.165, 1.54) is 19.3 Å². The molecule has 14 heavy (non-hydrogen) atoms. The predicted octanol–water partition coefficient (Wildman–Crippen LogP) is 2.14. The summed E-state index contributed by atoms with van der Waals surface area (Å²) in [5.74, 6) is 0. The summed E-state index contributed by atoms with van der Waals surface area (Å²) in [5.41, 5.74) is 0. The lowest BCUT2D eigenvalue weighted by Gasteiger charge is -2.17. The lowest BCUT2D eigenvalue weighted by molar-refractivity contribution is 0.610. The Kier molecular flexibility index (Phi) is 5.02. The normalized spacial score (nSPS) is 26.6. The van der Waals surface area contributed by atoms with Crippen LogP contribution in [-0.2, 0) is 0 Å². The second-order valence-electron chi connectivity index (χ2n) is 4.14. The first-order valence-corrected chi connectivity index (χ1v) is 6.91. The summed E-state index contributed by atoms with van der Waals surface area (Å²) in [4.78, 5) is 0. The van der Waals surface area contributed by atoms with Crippen LogP contribution in [0.3, 0.4) is 0 Å². The van der Waals surface area contributed by atoms with Crippen LogP contribution in [0.15, 0.2) is 0 Å². The minimum Gasteiger partial charge on any atom is -0.361 e. The van der Waals surface area contributed by atoms with Crippen LogP contribution in [0.5, 0.6) is 0 Å². The lowest BCUT2D eigenvalue weighted by atomic mass is 10.2. The predicted molar refractivity (Wildman–Crippen MR) is 68.9 cm³/mol. The molecule has 2 atom stereocenters. The third kappa shape index (κ3) is 4.05. The Hall–Kier alpha value is 0.0400. The van der Waals surface area contributed by atoms with Crippen LogP contribution in [0.1, 0.15) is 33.1 Å². The first kappa shape index (κ1) is 12.1. The Morgan fingerprint density at radius 3 is 2.64 bits per heavy atom. The summed E-state index contributed by atoms with van der Waals surface area (Å²) in [6.45, 7) is 4.21. The first-order chi connectivity index (χ1) is 6.61. The highest BCUT2D eigenvalue weighted by atomic mass is 32.2. The minimum absolute atomic E-state index is 0.424. The van der Waals surface area contributed by atoms with Gasteiger partial charge in [-0.25, -0.2) is 0 Å². The van der Waals surface area contributed by atoms with Crippen molar-refractivity contribution in [2.75, 3.05) is 6.26 Å². The number of rotatable bonds is 3. The van der Waals surface area contributed by atoms with Gasteiger partial charge in [0, 0.05) is 17.3 Å². The van der Waals surface area contributed by atoms with Crippen LogP contribution >= 0.6 is 24.0 Å². The van der Waals surface area contributed by atoms with Gasteiger partial charge in [-0.3, -0.25) is 0 Å². The molecule has 0 aromatic rings. The number of thiocarbonyl (C=S) groups is 1. The van der Waals surface area contributed by atoms with E-state index in [1.54, 1.807) is 0 Å². The average molecular weight is 232 g/mol. The van der Waals surface area contributed by atoms with Crippen LogP contribution < -0.4 is 10.6 Å². The maximum Gasteiger partial charge on any atom is 0.166 e. The SMILES string of the molecule is CSC1CCC(NC(=S)NC(C)C)C1. The molecule has 2 unspecified atom stereocenters. The molecule has 0 aliphatic heterocycles. The smallest absolute Gasteiger partial charge is 0.166 e. The van der Waals surface area contributed by atoms with E-state index in [0.717, 1.165) is 10.4 Å². The zero-order valence-electron chi connectivity index (χ0n) is 9.17. The van der Waals surface area contributed by atoms with Crippen molar-refractivity contribution in [1.29, 1.82) is 0 Å². The van der Waals surface area contributed by atoms with Crippen LogP contribution in [0.2, 0.25) is 0 Å². The van der Waals surface area contributed by atoms with Crippen molar-refractivity contribution in [3.05, 3.63) is 0 Å². The van der Waals surface area contributed by atoms with Crippen LogP contribution in [0.25, 0.3) is 0 Å². The van der Waals surface area contributed by atoms with Gasteiger partial charge in [-0.15, -0.1) is 0 Å². The Morgan fingerprint density at radius 1 is 1.43 bits per heavy atom. The number of nitrogens with one attached hydrogen (secondary N) is 2. The van der Waals surface area contributed by atoms with Gasteiger partial charge in [0.1, 0.15) is 0 Å². The van der Waals surface area contributed by atoms with Crippen molar-refractivity contribution in [1.82, 2.24) is 10.6 Å². The molecule has 82 valence electrons. The fraction of sp³-hybridized carbons (Fsp3) is 0.900. The van der Waals surface area contributed by atoms with Gasteiger partial charge in [0.15, 0.2) is 5.11 Å². The minimum atomic E-state index is 0.424. The molecule has 1 saturated carbocycles. The summed E-state index contributed by atoms with van der Waals surface area (Å²) in [5, 5.41) is 8.24. The van der Waals surface area contributed by atoms with Crippen LogP contribution in [0.4, 0.5) is 0 Å². The van der Waals surface area contributed by atoms with Gasteiger partial charge in [0.05, 0.1) is 0 Å². The molecule has 4 heteroatoms. The fourth-order valence-electron chi connectivity index (χ4n) is 1.77. The second-order valence-corrected chi connectivity index (χ2v) is 5.69. The van der Waals surface area contributed by atoms with Crippen molar-refractivity contribution >= 4 is 29.1 Å². The monoisotopic (exact) mass is 232 g/mol. The van der Waals surface area contributed by atoms with Crippen LogP contribution in [0, 0.1) is 0 Å². The van der Waals surface area contributed by atoms with Crippen molar-refractivity contribution in [2.45, 2.75) is 50.4 Å². The lowest BCUT2D eigenvalue weighted by Crippen LogP contribution is -2.43. The topological polar surface area (TPSA) is 24.1 Å². The van der Waals surface area contributed by atoms with E-state index in [1.807, 2.05) is 11.8 Å². The molecule has 1 fully saturated rings. The molecule has 0 spiro atoms. The maximum atomic E-state index is 5.21. The molecule has 0 aromatic carbocycles. The highest BCUT2D eigenvalue weighted by Gasteiger charge is 2.24. The zero-order chi connectivity index (χ0) is 10.6. The van der Waals surface area contributed by atoms with E-state index in [9.17, 15) is 0 Å². The van der Waals surface area contributed by atoms with E-state index in [-0.39, 0.29) is 0 Å². The Labute approximate surface area is 96.6 Å². The highest BCUT2D eigenvalue weighted by molar-refractivity contribution is 7.99. The third-order valence-corrected chi connectivity index (χ3v) is 3.80. The van der Waals surface area contributed by atoms with Gasteiger partial charge in [-0.2, -0.15) is 11.8 Å². The molecule has 2 nitrogen and oxygen atoms in total. The molecule has 1 aliphatic rings. The molecule has 0 amide bonds. The molecule has 1 rings (SSSR count). The molecule has 0 radical (unpaired) electrons. The van der Waals surface area contributed by atoms with Crippen molar-refractivity contribution in [3.8, 4) is 0 Å². The molecule has 0 aromatic heterocycles. The second kappa shape index (κ2) is 5.81. The van der Waals surface area contributed by atoms with Gasteiger partial charge in [0.2, 0.25) is 0 Å². The van der Waals surface area contributed by atoms with Gasteiger partial charge >= 0.3 is 0 Å². The van der Waals surface area contributed by atoms with E-state index in [0.29, 0.717) is 12.1 Å². The summed E-state index contributed by atoms with van der Waals surface area (Å²) in [6.07, 6.45) is 6.02. The average Bonchev–Trinajstić information content (AvgIpc) is 2.50. The molecule has 2 N–H and O–H groups in total. The quantitative estimate of drug-likeness (QED) is 0.728. The Morgan fingerprint density at radius 2 is 2.14 bits per heavy atom. The van der Waals surface area contributed by atoms with E-state index in [4.69, 9.17) is 12.2 Å². The van der Waals surface area contributed by atoms with Crippen molar-refractivity contribution in [3.63, 3.8) is 0 Å². The third-order valence-electron chi connectivity index (χ3n) is 2.47. The largest absolute Gasteiger partial charge is 0.361 e. The number of thioether (sulfide) groups is 1. The number of hydrogen-bond acceptors (Lipinski definition) is 2. The van der Waals surface area contributed by atoms with Gasteiger partial charge in [-0.05, 0) is 51.6 Å². The summed E-state index contributed by atoms with van der Waals surface area (Å²) in [6, 6.07) is 1.01. The molecule has 0 heterocycles. The molecule has 1 aliphatic carbocycles. The van der Waals surface area contributed by atoms with Crippen LogP contribution in [-0.4, -0.2) is 28.7 Å². The van der Waals surface area contributed by atoms with Gasteiger partial charge in [-0.1, -0.05) is 0 Å². The first-order valence-electron chi connectivity index (χ1n) is 5.21.